The van der Waals surface area contributed by atoms with Gasteiger partial charge in [-0.1, -0.05) is 125 Å². The van der Waals surface area contributed by atoms with E-state index in [0.29, 0.717) is 39.7 Å². The van der Waals surface area contributed by atoms with Gasteiger partial charge >= 0.3 is 0 Å². The van der Waals surface area contributed by atoms with Gasteiger partial charge in [-0.3, -0.25) is 0 Å². The van der Waals surface area contributed by atoms with Crippen molar-refractivity contribution < 1.29 is 17.7 Å². The molecule has 362 valence electrons. The van der Waals surface area contributed by atoms with Gasteiger partial charge in [0.2, 0.25) is 0 Å². The van der Waals surface area contributed by atoms with E-state index in [1.165, 1.54) is 11.1 Å². The summed E-state index contributed by atoms with van der Waals surface area (Å²) in [4.78, 5) is 4.55. The Kier molecular flexibility index (Phi) is 9.58. The molecule has 4 heterocycles. The van der Waals surface area contributed by atoms with Crippen LogP contribution in [0.5, 0.6) is 0 Å². The SMILES string of the molecule is CC(C)c1ccc(N(c2ccc3cc4c(cc3c2)oc2c(C#N)c3oc5cc6cc(N(c7ccc(C(C)C)cc7)c7cccc8c7oc7ccccc78)ccc6cc5c3cc24)c2cccc3c2oc2ccccc23)cc1. The molecule has 4 aromatic heterocycles. The lowest BCUT2D eigenvalue weighted by molar-refractivity contribution is 0.654. The standard InChI is InChI=1S/C69H47N3O4/c1-39(2)41-19-25-47(26-20-41)71(60-15-9-13-53-51-11-5-7-17-62(51)73-68(53)60)49-29-23-43-33-55-57-37-58-56-34-44-24-30-50(32-46(44)36-65(56)76-67(58)59(38-70)66(57)75-64(55)35-45(43)31-49)72(48-27-21-42(22-28-48)40(3)4)61-16-10-14-54-52-12-6-8-18-63(52)74-69(54)61/h5-37,39-40H,1-4H3. The molecule has 0 saturated heterocycles. The number of rotatable bonds is 8. The van der Waals surface area contributed by atoms with Crippen molar-refractivity contribution in [3.8, 4) is 6.07 Å². The van der Waals surface area contributed by atoms with Gasteiger partial charge in [0.1, 0.15) is 34.0 Å². The van der Waals surface area contributed by atoms with E-state index < -0.39 is 0 Å². The Morgan fingerprint density at radius 1 is 0.329 bits per heavy atom. The first-order chi connectivity index (χ1) is 37.2. The number of benzene rings is 11. The zero-order valence-corrected chi connectivity index (χ0v) is 42.2. The average molecular weight is 982 g/mol. The minimum absolute atomic E-state index is 0.374. The molecule has 0 aliphatic carbocycles. The van der Waals surface area contributed by atoms with Gasteiger partial charge in [-0.2, -0.15) is 5.26 Å². The number of hydrogen-bond donors (Lipinski definition) is 0. The number of para-hydroxylation sites is 4. The zero-order valence-electron chi connectivity index (χ0n) is 42.2. The first-order valence-corrected chi connectivity index (χ1v) is 26.0. The van der Waals surface area contributed by atoms with E-state index in [0.717, 1.165) is 121 Å². The second-order valence-electron chi connectivity index (χ2n) is 20.7. The van der Waals surface area contributed by atoms with Gasteiger partial charge < -0.3 is 27.5 Å². The molecule has 0 spiro atoms. The number of anilines is 6. The lowest BCUT2D eigenvalue weighted by Crippen LogP contribution is -2.10. The van der Waals surface area contributed by atoms with Gasteiger partial charge in [-0.15, -0.1) is 0 Å². The summed E-state index contributed by atoms with van der Waals surface area (Å²) in [6.45, 7) is 8.86. The van der Waals surface area contributed by atoms with Crippen LogP contribution in [-0.4, -0.2) is 0 Å². The molecular weight excluding hydrogens is 935 g/mol. The molecule has 0 saturated carbocycles. The van der Waals surface area contributed by atoms with Crippen LogP contribution in [0.1, 0.15) is 56.2 Å². The van der Waals surface area contributed by atoms with Crippen molar-refractivity contribution in [1.82, 2.24) is 0 Å². The maximum atomic E-state index is 10.9. The van der Waals surface area contributed by atoms with E-state index in [9.17, 15) is 5.26 Å². The van der Waals surface area contributed by atoms with Crippen LogP contribution in [0.4, 0.5) is 34.1 Å². The normalized spacial score (nSPS) is 12.2. The van der Waals surface area contributed by atoms with Crippen LogP contribution < -0.4 is 9.80 Å². The highest BCUT2D eigenvalue weighted by molar-refractivity contribution is 6.21. The van der Waals surface area contributed by atoms with Gasteiger partial charge in [0.25, 0.3) is 0 Å². The fourth-order valence-electron chi connectivity index (χ4n) is 11.7. The molecule has 15 aromatic rings. The molecular formula is C69H47N3O4. The molecule has 0 bridgehead atoms. The summed E-state index contributed by atoms with van der Waals surface area (Å²) in [7, 11) is 0. The molecule has 0 atom stereocenters. The third-order valence-electron chi connectivity index (χ3n) is 15.6. The van der Waals surface area contributed by atoms with Gasteiger partial charge in [0, 0.05) is 65.8 Å². The van der Waals surface area contributed by atoms with E-state index in [4.69, 9.17) is 17.7 Å². The van der Waals surface area contributed by atoms with Crippen molar-refractivity contribution in [1.29, 1.82) is 5.26 Å². The van der Waals surface area contributed by atoms with Gasteiger partial charge in [0.15, 0.2) is 22.3 Å². The molecule has 7 heteroatoms. The minimum Gasteiger partial charge on any atom is -0.454 e. The molecule has 0 unspecified atom stereocenters. The highest BCUT2D eigenvalue weighted by atomic mass is 16.3. The van der Waals surface area contributed by atoms with Gasteiger partial charge in [0.05, 0.1) is 11.4 Å². The van der Waals surface area contributed by atoms with Crippen LogP contribution >= 0.6 is 0 Å². The quantitative estimate of drug-likeness (QED) is 0.150. The molecule has 15 rings (SSSR count). The van der Waals surface area contributed by atoms with Crippen LogP contribution in [0, 0.1) is 11.3 Å². The van der Waals surface area contributed by atoms with Crippen LogP contribution in [-0.2, 0) is 0 Å². The van der Waals surface area contributed by atoms with E-state index in [2.05, 4.69) is 219 Å². The molecule has 76 heavy (non-hydrogen) atoms. The Labute approximate surface area is 436 Å². The van der Waals surface area contributed by atoms with Crippen molar-refractivity contribution in [2.45, 2.75) is 39.5 Å². The third-order valence-corrected chi connectivity index (χ3v) is 15.6. The molecule has 7 nitrogen and oxygen atoms in total. The summed E-state index contributed by atoms with van der Waals surface area (Å²) in [5.41, 5.74) is 14.6. The van der Waals surface area contributed by atoms with Crippen LogP contribution in [0.3, 0.4) is 0 Å². The maximum Gasteiger partial charge on any atom is 0.159 e. The second-order valence-corrected chi connectivity index (χ2v) is 20.7. The van der Waals surface area contributed by atoms with Gasteiger partial charge in [-0.25, -0.2) is 0 Å². The molecule has 0 aliphatic rings. The molecule has 0 N–H and O–H groups in total. The largest absolute Gasteiger partial charge is 0.454 e. The van der Waals surface area contributed by atoms with Crippen LogP contribution in [0.2, 0.25) is 0 Å². The Balaban J connectivity index is 0.854. The summed E-state index contributed by atoms with van der Waals surface area (Å²) >= 11 is 0. The number of nitriles is 1. The Morgan fingerprint density at radius 3 is 1.17 bits per heavy atom. The Morgan fingerprint density at radius 2 is 0.737 bits per heavy atom. The number of fused-ring (bicyclic) bond motifs is 14. The summed E-state index contributed by atoms with van der Waals surface area (Å²) in [5.74, 6) is 0.805. The predicted octanol–water partition coefficient (Wildman–Crippen LogP) is 20.6. The van der Waals surface area contributed by atoms with Crippen LogP contribution in [0.15, 0.2) is 218 Å². The van der Waals surface area contributed by atoms with Crippen molar-refractivity contribution in [2.75, 3.05) is 9.80 Å². The number of hydrogen-bond acceptors (Lipinski definition) is 7. The van der Waals surface area contributed by atoms with E-state index in [1.807, 2.05) is 24.3 Å². The number of nitrogens with zero attached hydrogens (tertiary/aromatic N) is 3. The highest BCUT2D eigenvalue weighted by Crippen LogP contribution is 2.47. The Hall–Kier alpha value is -9.77. The van der Waals surface area contributed by atoms with Crippen molar-refractivity contribution in [3.05, 3.63) is 217 Å². The molecule has 11 aromatic carbocycles. The summed E-state index contributed by atoms with van der Waals surface area (Å²) in [5, 5.41) is 22.9. The monoisotopic (exact) mass is 981 g/mol. The first kappa shape index (κ1) is 43.8. The van der Waals surface area contributed by atoms with E-state index >= 15 is 0 Å². The predicted molar refractivity (Wildman–Crippen MR) is 313 cm³/mol. The first-order valence-electron chi connectivity index (χ1n) is 26.0. The van der Waals surface area contributed by atoms with E-state index in [1.54, 1.807) is 0 Å². The Bertz CT molecular complexity index is 4610. The molecule has 0 radical (unpaired) electrons. The average Bonchev–Trinajstić information content (AvgIpc) is 4.32. The van der Waals surface area contributed by atoms with Crippen LogP contribution in [0.25, 0.3) is 109 Å². The second kappa shape index (κ2) is 16.6. The summed E-state index contributed by atoms with van der Waals surface area (Å²) in [6, 6.07) is 73.1. The minimum atomic E-state index is 0.374. The number of furan rings is 4. The summed E-state index contributed by atoms with van der Waals surface area (Å²) in [6.07, 6.45) is 0. The topological polar surface area (TPSA) is 82.8 Å². The third kappa shape index (κ3) is 6.67. The van der Waals surface area contributed by atoms with Crippen molar-refractivity contribution in [3.63, 3.8) is 0 Å². The van der Waals surface area contributed by atoms with Crippen molar-refractivity contribution in [2.24, 2.45) is 0 Å². The molecule has 0 amide bonds. The highest BCUT2D eigenvalue weighted by Gasteiger charge is 2.25. The van der Waals surface area contributed by atoms with Crippen molar-refractivity contribution >= 4 is 143 Å². The summed E-state index contributed by atoms with van der Waals surface area (Å²) < 4.78 is 26.7. The molecule has 0 fully saturated rings. The van der Waals surface area contributed by atoms with E-state index in [-0.39, 0.29) is 0 Å². The molecule has 0 aliphatic heterocycles. The van der Waals surface area contributed by atoms with Gasteiger partial charge in [-0.05, 0) is 148 Å². The maximum absolute atomic E-state index is 10.9. The lowest BCUT2D eigenvalue weighted by atomic mass is 10.00. The fourth-order valence-corrected chi connectivity index (χ4v) is 11.7. The lowest BCUT2D eigenvalue weighted by Gasteiger charge is -2.26. The smallest absolute Gasteiger partial charge is 0.159 e. The fraction of sp³-hybridized carbons (Fsp3) is 0.0870. The zero-order chi connectivity index (χ0) is 50.9.